The van der Waals surface area contributed by atoms with E-state index in [1.165, 1.54) is 17.4 Å². The second kappa shape index (κ2) is 5.25. The zero-order valence-electron chi connectivity index (χ0n) is 10.4. The van der Waals surface area contributed by atoms with Crippen LogP contribution in [0, 0.1) is 0 Å². The summed E-state index contributed by atoms with van der Waals surface area (Å²) in [6, 6.07) is 1.35. The number of hydrogen-bond donors (Lipinski definition) is 1. The average Bonchev–Trinajstić information content (AvgIpc) is 2.72. The summed E-state index contributed by atoms with van der Waals surface area (Å²) in [7, 11) is -5.89. The van der Waals surface area contributed by atoms with Crippen molar-refractivity contribution in [3.05, 3.63) is 11.6 Å². The molecule has 0 saturated heterocycles. The molecule has 0 aliphatic carbocycles. The summed E-state index contributed by atoms with van der Waals surface area (Å²) in [5, 5.41) is 4.97. The molecule has 1 aromatic heterocycles. The van der Waals surface area contributed by atoms with Gasteiger partial charge in [0, 0.05) is 13.6 Å². The van der Waals surface area contributed by atoms with Crippen molar-refractivity contribution in [1.82, 2.24) is 4.31 Å². The van der Waals surface area contributed by atoms with E-state index in [4.69, 9.17) is 5.14 Å². The highest BCUT2D eigenvalue weighted by Crippen LogP contribution is 2.34. The Hall–Kier alpha value is -0.480. The smallest absolute Gasteiger partial charge is 0.224 e. The second-order valence-electron chi connectivity index (χ2n) is 3.50. The van der Waals surface area contributed by atoms with Crippen molar-refractivity contribution in [2.75, 3.05) is 13.6 Å². The molecule has 1 aliphatic rings. The van der Waals surface area contributed by atoms with Gasteiger partial charge in [0.1, 0.15) is 8.42 Å². The van der Waals surface area contributed by atoms with Crippen molar-refractivity contribution in [3.63, 3.8) is 0 Å². The summed E-state index contributed by atoms with van der Waals surface area (Å²) < 4.78 is 47.1. The van der Waals surface area contributed by atoms with Gasteiger partial charge in [0.05, 0.1) is 0 Å². The Bertz CT molecular complexity index is 631. The molecule has 0 atom stereocenters. The fourth-order valence-corrected chi connectivity index (χ4v) is 5.49. The van der Waals surface area contributed by atoms with Gasteiger partial charge in [-0.2, -0.15) is 4.31 Å². The van der Waals surface area contributed by atoms with Crippen LogP contribution >= 0.6 is 11.3 Å². The first-order chi connectivity index (χ1) is 8.23. The first kappa shape index (κ1) is 15.6. The Morgan fingerprint density at radius 2 is 1.94 bits per heavy atom. The lowest BCUT2D eigenvalue weighted by molar-refractivity contribution is 0.461. The summed E-state index contributed by atoms with van der Waals surface area (Å²) in [4.78, 5) is 0. The minimum Gasteiger partial charge on any atom is -0.224 e. The van der Waals surface area contributed by atoms with Crippen LogP contribution in [0.15, 0.2) is 14.5 Å². The lowest BCUT2D eigenvalue weighted by Gasteiger charge is -2.21. The summed E-state index contributed by atoms with van der Waals surface area (Å²) >= 11 is 0.710. The van der Waals surface area contributed by atoms with Gasteiger partial charge in [-0.05, 0) is 18.1 Å². The second-order valence-corrected chi connectivity index (χ2v) is 8.58. The van der Waals surface area contributed by atoms with Crippen LogP contribution in [0.2, 0.25) is 0 Å². The molecule has 1 aromatic rings. The third-order valence-corrected chi connectivity index (χ3v) is 7.38. The normalized spacial score (nSPS) is 18.7. The number of primary sulfonamides is 1. The van der Waals surface area contributed by atoms with E-state index in [1.807, 2.05) is 13.8 Å². The Morgan fingerprint density at radius 3 is 2.44 bits per heavy atom. The van der Waals surface area contributed by atoms with E-state index in [-0.39, 0.29) is 8.42 Å². The molecule has 0 amide bonds. The third kappa shape index (κ3) is 2.75. The first-order valence-corrected chi connectivity index (χ1v) is 9.15. The van der Waals surface area contributed by atoms with Crippen molar-refractivity contribution in [1.29, 1.82) is 0 Å². The topological polar surface area (TPSA) is 97.5 Å². The van der Waals surface area contributed by atoms with Crippen LogP contribution in [0.25, 0.3) is 0 Å². The molecule has 0 aromatic carbocycles. The highest BCUT2D eigenvalue weighted by atomic mass is 32.3. The molecule has 2 heterocycles. The van der Waals surface area contributed by atoms with Crippen LogP contribution < -0.4 is 5.14 Å². The molecule has 18 heavy (non-hydrogen) atoms. The Balaban J connectivity index is 0.000000771. The van der Waals surface area contributed by atoms with Gasteiger partial charge in [-0.15, -0.1) is 11.3 Å². The van der Waals surface area contributed by atoms with Crippen molar-refractivity contribution in [2.45, 2.75) is 28.7 Å². The minimum atomic E-state index is -3.83. The largest absolute Gasteiger partial charge is 0.252 e. The highest BCUT2D eigenvalue weighted by Gasteiger charge is 2.32. The zero-order valence-corrected chi connectivity index (χ0v) is 12.8. The lowest BCUT2D eigenvalue weighted by atomic mass is 10.2. The van der Waals surface area contributed by atoms with Crippen molar-refractivity contribution in [3.8, 4) is 0 Å². The van der Waals surface area contributed by atoms with E-state index in [2.05, 4.69) is 0 Å². The summed E-state index contributed by atoms with van der Waals surface area (Å²) in [5.74, 6) is 0. The van der Waals surface area contributed by atoms with E-state index in [0.29, 0.717) is 29.9 Å². The number of nitrogens with two attached hydrogens (primary N) is 1. The molecule has 2 N–H and O–H groups in total. The zero-order chi connectivity index (χ0) is 14.1. The monoisotopic (exact) mass is 312 g/mol. The maximum absolute atomic E-state index is 11.8. The standard InChI is InChI=1S/C7H10N2O4S3.C2H6/c1-9-3-2-5-4-6(15(8,10)11)14-7(5)16(9,12)13;1-2/h4H,2-3H2,1H3,(H2,8,10,11);1-2H3. The lowest BCUT2D eigenvalue weighted by Crippen LogP contribution is -2.32. The van der Waals surface area contributed by atoms with Crippen LogP contribution in [0.3, 0.4) is 0 Å². The highest BCUT2D eigenvalue weighted by molar-refractivity contribution is 7.94. The molecule has 0 bridgehead atoms. The quantitative estimate of drug-likeness (QED) is 0.821. The van der Waals surface area contributed by atoms with Gasteiger partial charge in [0.2, 0.25) is 10.0 Å². The molecule has 1 aliphatic heterocycles. The van der Waals surface area contributed by atoms with Crippen LogP contribution in [-0.4, -0.2) is 34.7 Å². The molecular formula is C9H16N2O4S3. The predicted octanol–water partition coefficient (Wildman–Crippen LogP) is 0.598. The maximum Gasteiger partial charge on any atom is 0.252 e. The number of likely N-dealkylation sites (N-methyl/N-ethyl adjacent to an activating group) is 1. The molecule has 6 nitrogen and oxygen atoms in total. The number of nitrogens with zero attached hydrogens (tertiary/aromatic N) is 1. The summed E-state index contributed by atoms with van der Waals surface area (Å²) in [6.45, 7) is 4.36. The van der Waals surface area contributed by atoms with E-state index < -0.39 is 20.0 Å². The fraction of sp³-hybridized carbons (Fsp3) is 0.556. The van der Waals surface area contributed by atoms with E-state index in [1.54, 1.807) is 0 Å². The molecule has 104 valence electrons. The van der Waals surface area contributed by atoms with E-state index in [0.717, 1.165) is 0 Å². The Kier molecular flexibility index (Phi) is 4.55. The van der Waals surface area contributed by atoms with Gasteiger partial charge in [-0.3, -0.25) is 0 Å². The van der Waals surface area contributed by atoms with Gasteiger partial charge in [-0.1, -0.05) is 13.8 Å². The van der Waals surface area contributed by atoms with Crippen LogP contribution in [0.5, 0.6) is 0 Å². The molecular weight excluding hydrogens is 296 g/mol. The van der Waals surface area contributed by atoms with Gasteiger partial charge in [-0.25, -0.2) is 22.0 Å². The summed E-state index contributed by atoms with van der Waals surface area (Å²) in [6.07, 6.45) is 0.511. The van der Waals surface area contributed by atoms with Crippen LogP contribution in [0.1, 0.15) is 19.4 Å². The Morgan fingerprint density at radius 1 is 1.39 bits per heavy atom. The van der Waals surface area contributed by atoms with Crippen molar-refractivity contribution in [2.24, 2.45) is 5.14 Å². The van der Waals surface area contributed by atoms with Gasteiger partial charge >= 0.3 is 0 Å². The van der Waals surface area contributed by atoms with Crippen molar-refractivity contribution < 1.29 is 16.8 Å². The van der Waals surface area contributed by atoms with E-state index in [9.17, 15) is 16.8 Å². The molecule has 0 fully saturated rings. The molecule has 0 spiro atoms. The third-order valence-electron chi connectivity index (χ3n) is 2.37. The molecule has 0 unspecified atom stereocenters. The molecule has 9 heteroatoms. The number of thiophene rings is 1. The SMILES string of the molecule is CC.CN1CCc2cc(S(N)(=O)=O)sc2S1(=O)=O. The van der Waals surface area contributed by atoms with Crippen molar-refractivity contribution >= 4 is 31.4 Å². The molecule has 2 rings (SSSR count). The van der Waals surface area contributed by atoms with Gasteiger partial charge < -0.3 is 0 Å². The van der Waals surface area contributed by atoms with E-state index >= 15 is 0 Å². The predicted molar refractivity (Wildman–Crippen MR) is 70.6 cm³/mol. The molecule has 0 saturated carbocycles. The van der Waals surface area contributed by atoms with Gasteiger partial charge in [0.15, 0.2) is 0 Å². The number of sulfonamides is 2. The number of rotatable bonds is 1. The van der Waals surface area contributed by atoms with Crippen LogP contribution in [0.4, 0.5) is 0 Å². The minimum absolute atomic E-state index is 0.0882. The summed E-state index contributed by atoms with van der Waals surface area (Å²) in [5.41, 5.74) is 0.534. The average molecular weight is 312 g/mol. The maximum atomic E-state index is 11.8. The fourth-order valence-electron chi connectivity index (χ4n) is 1.46. The first-order valence-electron chi connectivity index (χ1n) is 5.35. The number of hydrogen-bond acceptors (Lipinski definition) is 5. The number of fused-ring (bicyclic) bond motifs is 1. The van der Waals surface area contributed by atoms with Crippen LogP contribution in [-0.2, 0) is 26.5 Å². The van der Waals surface area contributed by atoms with Gasteiger partial charge in [0.25, 0.3) is 10.0 Å². The molecule has 0 radical (unpaired) electrons. The Labute approximate surface area is 112 Å².